The lowest BCUT2D eigenvalue weighted by Crippen LogP contribution is -2.42. The molecule has 0 atom stereocenters. The number of carbonyl (C=O) groups is 1. The fourth-order valence-electron chi connectivity index (χ4n) is 1.73. The second-order valence-electron chi connectivity index (χ2n) is 5.50. The van der Waals surface area contributed by atoms with Crippen LogP contribution in [-0.2, 0) is 4.74 Å². The first kappa shape index (κ1) is 14.8. The normalized spacial score (nSPS) is 10.8. The Hall–Kier alpha value is -2.56. The van der Waals surface area contributed by atoms with Crippen LogP contribution in [0.1, 0.15) is 20.8 Å². The lowest BCUT2D eigenvalue weighted by molar-refractivity contribution is 0.0528. The standard InChI is InChI=1S/C16H19N3O2/c1-16(2,3)21-15(20)18-19(13-8-5-4-6-9-13)14-10-7-11-17-12-14/h4-12H,1-3H3,(H,18,20). The van der Waals surface area contributed by atoms with Gasteiger partial charge in [0, 0.05) is 6.20 Å². The molecule has 1 aromatic heterocycles. The number of anilines is 2. The maximum atomic E-state index is 12.0. The molecule has 2 rings (SSSR count). The molecule has 0 saturated carbocycles. The Morgan fingerprint density at radius 2 is 1.76 bits per heavy atom. The van der Waals surface area contributed by atoms with Crippen LogP contribution in [0, 0.1) is 0 Å². The number of para-hydroxylation sites is 1. The molecular formula is C16H19N3O2. The maximum absolute atomic E-state index is 12.0. The molecule has 5 heteroatoms. The van der Waals surface area contributed by atoms with Crippen LogP contribution in [0.25, 0.3) is 0 Å². The zero-order valence-corrected chi connectivity index (χ0v) is 12.4. The third-order valence-corrected chi connectivity index (χ3v) is 2.52. The first-order chi connectivity index (χ1) is 9.96. The molecule has 0 aliphatic rings. The molecule has 1 heterocycles. The molecule has 0 spiro atoms. The van der Waals surface area contributed by atoms with Crippen LogP contribution in [0.2, 0.25) is 0 Å². The van der Waals surface area contributed by atoms with Crippen molar-refractivity contribution >= 4 is 17.5 Å². The Balaban J connectivity index is 2.24. The summed E-state index contributed by atoms with van der Waals surface area (Å²) in [5.74, 6) is 0. The van der Waals surface area contributed by atoms with Gasteiger partial charge in [-0.15, -0.1) is 0 Å². The molecule has 0 unspecified atom stereocenters. The number of rotatable bonds is 3. The number of amides is 1. The van der Waals surface area contributed by atoms with E-state index in [1.54, 1.807) is 17.4 Å². The summed E-state index contributed by atoms with van der Waals surface area (Å²) in [6.07, 6.45) is 2.83. The Kier molecular flexibility index (Phi) is 4.42. The van der Waals surface area contributed by atoms with E-state index >= 15 is 0 Å². The molecule has 0 bridgehead atoms. The van der Waals surface area contributed by atoms with Gasteiger partial charge in [-0.25, -0.2) is 15.2 Å². The van der Waals surface area contributed by atoms with Crippen LogP contribution < -0.4 is 10.4 Å². The number of hydrazine groups is 1. The summed E-state index contributed by atoms with van der Waals surface area (Å²) in [6.45, 7) is 5.47. The Bertz CT molecular complexity index is 540. The van der Waals surface area contributed by atoms with E-state index in [0.29, 0.717) is 0 Å². The second kappa shape index (κ2) is 6.26. The minimum Gasteiger partial charge on any atom is -0.443 e. The minimum absolute atomic E-state index is 0.518. The van der Waals surface area contributed by atoms with E-state index in [-0.39, 0.29) is 0 Å². The van der Waals surface area contributed by atoms with Crippen LogP contribution >= 0.6 is 0 Å². The summed E-state index contributed by atoms with van der Waals surface area (Å²) in [7, 11) is 0. The predicted molar refractivity (Wildman–Crippen MR) is 82.2 cm³/mol. The van der Waals surface area contributed by atoms with Crippen LogP contribution in [0.15, 0.2) is 54.9 Å². The zero-order valence-electron chi connectivity index (χ0n) is 12.4. The Morgan fingerprint density at radius 1 is 1.10 bits per heavy atom. The average molecular weight is 285 g/mol. The SMILES string of the molecule is CC(C)(C)OC(=O)NN(c1ccccc1)c1cccnc1. The highest BCUT2D eigenvalue weighted by molar-refractivity contribution is 5.74. The van der Waals surface area contributed by atoms with Gasteiger partial charge in [0.1, 0.15) is 5.60 Å². The molecule has 0 aliphatic carbocycles. The monoisotopic (exact) mass is 285 g/mol. The zero-order chi connectivity index (χ0) is 15.3. The molecule has 0 fully saturated rings. The number of pyridine rings is 1. The molecule has 21 heavy (non-hydrogen) atoms. The molecule has 0 aliphatic heterocycles. The summed E-state index contributed by atoms with van der Waals surface area (Å²) in [6, 6.07) is 13.2. The van der Waals surface area contributed by atoms with Crippen LogP contribution in [0.5, 0.6) is 0 Å². The van der Waals surface area contributed by atoms with Gasteiger partial charge in [-0.2, -0.15) is 0 Å². The molecule has 1 aromatic carbocycles. The predicted octanol–water partition coefficient (Wildman–Crippen LogP) is 3.66. The van der Waals surface area contributed by atoms with E-state index in [2.05, 4.69) is 10.4 Å². The minimum atomic E-state index is -0.554. The summed E-state index contributed by atoms with van der Waals surface area (Å²) in [5, 5.41) is 1.64. The summed E-state index contributed by atoms with van der Waals surface area (Å²) in [4.78, 5) is 16.1. The van der Waals surface area contributed by atoms with E-state index < -0.39 is 11.7 Å². The number of hydrogen-bond donors (Lipinski definition) is 1. The number of carbonyl (C=O) groups excluding carboxylic acids is 1. The van der Waals surface area contributed by atoms with Gasteiger partial charge in [0.25, 0.3) is 0 Å². The van der Waals surface area contributed by atoms with Gasteiger partial charge in [-0.3, -0.25) is 4.98 Å². The van der Waals surface area contributed by atoms with Crippen molar-refractivity contribution in [1.29, 1.82) is 0 Å². The fourth-order valence-corrected chi connectivity index (χ4v) is 1.73. The van der Waals surface area contributed by atoms with Crippen molar-refractivity contribution in [2.75, 3.05) is 5.01 Å². The Labute approximate surface area is 124 Å². The van der Waals surface area contributed by atoms with Crippen molar-refractivity contribution in [1.82, 2.24) is 10.4 Å². The third-order valence-electron chi connectivity index (χ3n) is 2.52. The molecule has 2 aromatic rings. The second-order valence-corrected chi connectivity index (χ2v) is 5.50. The topological polar surface area (TPSA) is 54.5 Å². The lowest BCUT2D eigenvalue weighted by Gasteiger charge is -2.27. The van der Waals surface area contributed by atoms with Crippen molar-refractivity contribution in [3.05, 3.63) is 54.9 Å². The fraction of sp³-hybridized carbons (Fsp3) is 0.250. The van der Waals surface area contributed by atoms with E-state index in [9.17, 15) is 4.79 Å². The first-order valence-corrected chi connectivity index (χ1v) is 6.70. The van der Waals surface area contributed by atoms with Crippen molar-refractivity contribution < 1.29 is 9.53 Å². The molecule has 5 nitrogen and oxygen atoms in total. The number of hydrogen-bond acceptors (Lipinski definition) is 4. The van der Waals surface area contributed by atoms with Crippen LogP contribution in [0.3, 0.4) is 0 Å². The highest BCUT2D eigenvalue weighted by Gasteiger charge is 2.19. The summed E-state index contributed by atoms with van der Waals surface area (Å²) in [5.41, 5.74) is 3.75. The van der Waals surface area contributed by atoms with Crippen molar-refractivity contribution in [3.8, 4) is 0 Å². The van der Waals surface area contributed by atoms with Crippen molar-refractivity contribution in [3.63, 3.8) is 0 Å². The van der Waals surface area contributed by atoms with Gasteiger partial charge < -0.3 is 4.74 Å². The molecule has 0 saturated heterocycles. The maximum Gasteiger partial charge on any atom is 0.426 e. The number of benzene rings is 1. The van der Waals surface area contributed by atoms with Gasteiger partial charge in [0.05, 0.1) is 17.6 Å². The van der Waals surface area contributed by atoms with Crippen LogP contribution in [-0.4, -0.2) is 16.7 Å². The average Bonchev–Trinajstić information content (AvgIpc) is 2.45. The number of ether oxygens (including phenoxy) is 1. The van der Waals surface area contributed by atoms with E-state index in [1.165, 1.54) is 0 Å². The molecule has 110 valence electrons. The Morgan fingerprint density at radius 3 is 2.33 bits per heavy atom. The summed E-state index contributed by atoms with van der Waals surface area (Å²) >= 11 is 0. The van der Waals surface area contributed by atoms with Gasteiger partial charge in [-0.05, 0) is 45.0 Å². The quantitative estimate of drug-likeness (QED) is 0.874. The lowest BCUT2D eigenvalue weighted by atomic mass is 10.2. The number of aromatic nitrogens is 1. The smallest absolute Gasteiger partial charge is 0.426 e. The van der Waals surface area contributed by atoms with E-state index in [4.69, 9.17) is 4.74 Å². The molecule has 0 radical (unpaired) electrons. The number of nitrogens with zero attached hydrogens (tertiary/aromatic N) is 2. The van der Waals surface area contributed by atoms with Gasteiger partial charge in [0.2, 0.25) is 0 Å². The van der Waals surface area contributed by atoms with Gasteiger partial charge in [0.15, 0.2) is 0 Å². The first-order valence-electron chi connectivity index (χ1n) is 6.70. The highest BCUT2D eigenvalue weighted by atomic mass is 16.6. The molecule has 1 N–H and O–H groups in total. The third kappa shape index (κ3) is 4.49. The molecular weight excluding hydrogens is 266 g/mol. The summed E-state index contributed by atoms with van der Waals surface area (Å²) < 4.78 is 5.30. The molecule has 1 amide bonds. The highest BCUT2D eigenvalue weighted by Crippen LogP contribution is 2.22. The van der Waals surface area contributed by atoms with E-state index in [0.717, 1.165) is 11.4 Å². The van der Waals surface area contributed by atoms with Gasteiger partial charge in [-0.1, -0.05) is 18.2 Å². The van der Waals surface area contributed by atoms with E-state index in [1.807, 2.05) is 63.2 Å². The van der Waals surface area contributed by atoms with Crippen molar-refractivity contribution in [2.45, 2.75) is 26.4 Å². The van der Waals surface area contributed by atoms with Crippen LogP contribution in [0.4, 0.5) is 16.2 Å². The largest absolute Gasteiger partial charge is 0.443 e. The van der Waals surface area contributed by atoms with Crippen molar-refractivity contribution in [2.24, 2.45) is 0 Å². The van der Waals surface area contributed by atoms with Gasteiger partial charge >= 0.3 is 6.09 Å². The number of nitrogens with one attached hydrogen (secondary N) is 1.